The molecule has 1 aromatic rings. The van der Waals surface area contributed by atoms with E-state index in [-0.39, 0.29) is 23.6 Å². The van der Waals surface area contributed by atoms with Crippen LogP contribution in [0.1, 0.15) is 36.0 Å². The van der Waals surface area contributed by atoms with E-state index in [1.54, 1.807) is 0 Å². The van der Waals surface area contributed by atoms with Crippen LogP contribution < -0.4 is 5.32 Å². The summed E-state index contributed by atoms with van der Waals surface area (Å²) in [4.78, 5) is 32.9. The second kappa shape index (κ2) is 6.34. The minimum Gasteiger partial charge on any atom is -0.481 e. The fraction of sp³-hybridized carbons (Fsp3) is 0.429. The summed E-state index contributed by atoms with van der Waals surface area (Å²) < 4.78 is 0. The predicted octanol–water partition coefficient (Wildman–Crippen LogP) is 1.97. The first-order chi connectivity index (χ1) is 9.97. The minimum atomic E-state index is -0.782. The van der Waals surface area contributed by atoms with Crippen molar-refractivity contribution in [3.8, 4) is 0 Å². The average Bonchev–Trinajstić information content (AvgIpc) is 2.47. The van der Waals surface area contributed by atoms with Crippen LogP contribution in [-0.4, -0.2) is 27.9 Å². The van der Waals surface area contributed by atoms with Gasteiger partial charge in [-0.3, -0.25) is 19.7 Å². The second-order valence-corrected chi connectivity index (χ2v) is 5.16. The first-order valence-corrected chi connectivity index (χ1v) is 6.75. The van der Waals surface area contributed by atoms with Crippen molar-refractivity contribution in [2.45, 2.75) is 31.7 Å². The average molecular weight is 292 g/mol. The lowest BCUT2D eigenvalue weighted by Crippen LogP contribution is -2.38. The van der Waals surface area contributed by atoms with Crippen LogP contribution in [0.3, 0.4) is 0 Å². The number of carboxylic acid groups (broad SMARTS) is 1. The molecule has 0 radical (unpaired) electrons. The van der Waals surface area contributed by atoms with Crippen molar-refractivity contribution in [3.05, 3.63) is 39.9 Å². The third-order valence-corrected chi connectivity index (χ3v) is 3.75. The van der Waals surface area contributed by atoms with Crippen LogP contribution in [0.4, 0.5) is 5.69 Å². The number of hydrogen-bond donors (Lipinski definition) is 2. The highest BCUT2D eigenvalue weighted by Crippen LogP contribution is 2.24. The number of carboxylic acids is 1. The molecule has 0 aliphatic heterocycles. The van der Waals surface area contributed by atoms with Gasteiger partial charge in [-0.1, -0.05) is 0 Å². The fourth-order valence-corrected chi connectivity index (χ4v) is 2.49. The molecule has 0 aromatic heterocycles. The van der Waals surface area contributed by atoms with E-state index in [0.29, 0.717) is 31.2 Å². The number of amides is 1. The Kier molecular flexibility index (Phi) is 4.52. The smallest absolute Gasteiger partial charge is 0.306 e. The number of nitrogens with one attached hydrogen (secondary N) is 1. The molecule has 7 nitrogen and oxygen atoms in total. The van der Waals surface area contributed by atoms with Gasteiger partial charge in [-0.15, -0.1) is 0 Å². The Morgan fingerprint density at radius 1 is 1.14 bits per heavy atom. The maximum atomic E-state index is 12.0. The molecule has 112 valence electrons. The minimum absolute atomic E-state index is 0.0386. The molecule has 0 atom stereocenters. The lowest BCUT2D eigenvalue weighted by Gasteiger charge is -2.26. The maximum absolute atomic E-state index is 12.0. The molecular formula is C14H16N2O5. The molecule has 21 heavy (non-hydrogen) atoms. The van der Waals surface area contributed by atoms with Crippen LogP contribution in [-0.2, 0) is 4.79 Å². The van der Waals surface area contributed by atoms with Crippen molar-refractivity contribution in [2.24, 2.45) is 5.92 Å². The third-order valence-electron chi connectivity index (χ3n) is 3.75. The standard InChI is InChI=1S/C14H16N2O5/c17-13(9-3-7-12(8-4-9)16(20)21)15-11-5-1-10(2-6-11)14(18)19/h3-4,7-8,10-11H,1-2,5-6H2,(H,15,17)(H,18,19). The van der Waals surface area contributed by atoms with Gasteiger partial charge in [-0.05, 0) is 37.8 Å². The molecule has 0 unspecified atom stereocenters. The molecule has 2 N–H and O–H groups in total. The molecule has 1 fully saturated rings. The Labute approximate surface area is 121 Å². The topological polar surface area (TPSA) is 110 Å². The summed E-state index contributed by atoms with van der Waals surface area (Å²) in [5, 5.41) is 22.3. The van der Waals surface area contributed by atoms with E-state index in [1.807, 2.05) is 0 Å². The quantitative estimate of drug-likeness (QED) is 0.651. The molecule has 1 amide bonds. The van der Waals surface area contributed by atoms with E-state index < -0.39 is 10.9 Å². The van der Waals surface area contributed by atoms with Crippen molar-refractivity contribution in [3.63, 3.8) is 0 Å². The van der Waals surface area contributed by atoms with Crippen LogP contribution in [0.25, 0.3) is 0 Å². The van der Waals surface area contributed by atoms with Gasteiger partial charge in [0.15, 0.2) is 0 Å². The molecule has 1 aliphatic carbocycles. The number of benzene rings is 1. The van der Waals surface area contributed by atoms with Crippen molar-refractivity contribution in [1.82, 2.24) is 5.32 Å². The van der Waals surface area contributed by atoms with Gasteiger partial charge >= 0.3 is 5.97 Å². The van der Waals surface area contributed by atoms with E-state index in [4.69, 9.17) is 5.11 Å². The zero-order valence-electron chi connectivity index (χ0n) is 11.3. The highest BCUT2D eigenvalue weighted by atomic mass is 16.6. The van der Waals surface area contributed by atoms with Gasteiger partial charge in [0, 0.05) is 23.7 Å². The molecule has 0 saturated heterocycles. The van der Waals surface area contributed by atoms with Gasteiger partial charge in [0.25, 0.3) is 11.6 Å². The SMILES string of the molecule is O=C(NC1CCC(C(=O)O)CC1)c1ccc([N+](=O)[O-])cc1. The maximum Gasteiger partial charge on any atom is 0.306 e. The Morgan fingerprint density at radius 2 is 1.71 bits per heavy atom. The number of non-ortho nitro benzene ring substituents is 1. The number of nitro groups is 1. The van der Waals surface area contributed by atoms with Gasteiger partial charge in [0.2, 0.25) is 0 Å². The monoisotopic (exact) mass is 292 g/mol. The van der Waals surface area contributed by atoms with Crippen LogP contribution in [0, 0.1) is 16.0 Å². The molecule has 1 aliphatic rings. The highest BCUT2D eigenvalue weighted by Gasteiger charge is 2.26. The Morgan fingerprint density at radius 3 is 2.19 bits per heavy atom. The number of aliphatic carboxylic acids is 1. The van der Waals surface area contributed by atoms with Crippen LogP contribution in [0.2, 0.25) is 0 Å². The highest BCUT2D eigenvalue weighted by molar-refractivity contribution is 5.94. The van der Waals surface area contributed by atoms with Crippen LogP contribution in [0.15, 0.2) is 24.3 Å². The second-order valence-electron chi connectivity index (χ2n) is 5.16. The number of carbonyl (C=O) groups is 2. The molecule has 1 saturated carbocycles. The van der Waals surface area contributed by atoms with Gasteiger partial charge < -0.3 is 10.4 Å². The number of nitrogens with zero attached hydrogens (tertiary/aromatic N) is 1. The molecular weight excluding hydrogens is 276 g/mol. The molecule has 0 spiro atoms. The van der Waals surface area contributed by atoms with E-state index >= 15 is 0 Å². The predicted molar refractivity (Wildman–Crippen MR) is 73.9 cm³/mol. The van der Waals surface area contributed by atoms with E-state index in [1.165, 1.54) is 24.3 Å². The Hall–Kier alpha value is -2.44. The van der Waals surface area contributed by atoms with Crippen molar-refractivity contribution in [1.29, 1.82) is 0 Å². The van der Waals surface area contributed by atoms with Crippen LogP contribution >= 0.6 is 0 Å². The van der Waals surface area contributed by atoms with E-state index in [0.717, 1.165) is 0 Å². The summed E-state index contributed by atoms with van der Waals surface area (Å²) >= 11 is 0. The summed E-state index contributed by atoms with van der Waals surface area (Å²) in [5.41, 5.74) is 0.300. The molecule has 0 heterocycles. The fourth-order valence-electron chi connectivity index (χ4n) is 2.49. The third kappa shape index (κ3) is 3.77. The molecule has 1 aromatic carbocycles. The Balaban J connectivity index is 1.90. The lowest BCUT2D eigenvalue weighted by atomic mass is 9.86. The summed E-state index contributed by atoms with van der Waals surface area (Å²) in [6.45, 7) is 0. The first kappa shape index (κ1) is 15.0. The van der Waals surface area contributed by atoms with Gasteiger partial charge in [-0.25, -0.2) is 0 Å². The summed E-state index contributed by atoms with van der Waals surface area (Å²) in [6, 6.07) is 5.36. The summed E-state index contributed by atoms with van der Waals surface area (Å²) in [5.74, 6) is -1.39. The largest absolute Gasteiger partial charge is 0.481 e. The number of nitro benzene ring substituents is 1. The molecule has 0 bridgehead atoms. The number of rotatable bonds is 4. The van der Waals surface area contributed by atoms with Crippen LogP contribution in [0.5, 0.6) is 0 Å². The summed E-state index contributed by atoms with van der Waals surface area (Å²) in [6.07, 6.45) is 2.38. The molecule has 2 rings (SSSR count). The van der Waals surface area contributed by atoms with Crippen molar-refractivity contribution in [2.75, 3.05) is 0 Å². The number of carbonyl (C=O) groups excluding carboxylic acids is 1. The van der Waals surface area contributed by atoms with Gasteiger partial charge in [0.05, 0.1) is 10.8 Å². The van der Waals surface area contributed by atoms with Crippen molar-refractivity contribution < 1.29 is 19.6 Å². The first-order valence-electron chi connectivity index (χ1n) is 6.75. The Bertz CT molecular complexity index is 547. The van der Waals surface area contributed by atoms with Crippen molar-refractivity contribution >= 4 is 17.6 Å². The number of hydrogen-bond acceptors (Lipinski definition) is 4. The van der Waals surface area contributed by atoms with E-state index in [2.05, 4.69) is 5.32 Å². The summed E-state index contributed by atoms with van der Waals surface area (Å²) in [7, 11) is 0. The zero-order valence-corrected chi connectivity index (χ0v) is 11.3. The van der Waals surface area contributed by atoms with Gasteiger partial charge in [0.1, 0.15) is 0 Å². The van der Waals surface area contributed by atoms with E-state index in [9.17, 15) is 19.7 Å². The lowest BCUT2D eigenvalue weighted by molar-refractivity contribution is -0.384. The normalized spacial score (nSPS) is 21.5. The van der Waals surface area contributed by atoms with Gasteiger partial charge in [-0.2, -0.15) is 0 Å². The zero-order chi connectivity index (χ0) is 15.4. The molecule has 7 heteroatoms.